The van der Waals surface area contributed by atoms with Gasteiger partial charge < -0.3 is 39.7 Å². The molecule has 2 bridgehead atoms. The molecule has 4 amide bonds. The van der Waals surface area contributed by atoms with E-state index in [1.165, 1.54) is 0 Å². The largest absolute Gasteiger partial charge is 0.561 e. The number of alkyl carbamates (subject to hydrolysis) is 1. The van der Waals surface area contributed by atoms with Gasteiger partial charge in [-0.25, -0.2) is 4.79 Å². The number of carbonyl (C=O) groups is 4. The van der Waals surface area contributed by atoms with E-state index in [0.717, 1.165) is 12.8 Å². The van der Waals surface area contributed by atoms with Crippen molar-refractivity contribution in [2.24, 2.45) is 29.1 Å². The van der Waals surface area contributed by atoms with Gasteiger partial charge in [0.2, 0.25) is 17.7 Å². The first-order chi connectivity index (χ1) is 24.6. The van der Waals surface area contributed by atoms with Gasteiger partial charge >= 0.3 is 13.2 Å². The molecule has 4 aliphatic rings. The molecule has 0 radical (unpaired) electrons. The Hall–Kier alpha value is -2.16. The molecule has 1 heterocycles. The van der Waals surface area contributed by atoms with E-state index in [9.17, 15) is 19.2 Å². The zero-order valence-electron chi connectivity index (χ0n) is 36.5. The Labute approximate surface area is 328 Å². The average Bonchev–Trinajstić information content (AvgIpc) is 3.37. The SMILES string of the molecule is CC(C)C[C@H](NC(=O)[C@H](CCCCNC(=O)OC(C)(C)C)NC(=O)[C@@H](NC(=O)C(C)C)[C@@H](C)O[Si-](C)(C)C(C)(C)C)B1O[C@@H]2C[C@@H]3C[C@@H](C3(C)C)[C@]2(C)O1. The van der Waals surface area contributed by atoms with Gasteiger partial charge in [-0.2, -0.15) is 0 Å². The summed E-state index contributed by atoms with van der Waals surface area (Å²) < 4.78 is 25.4. The first kappa shape index (κ1) is 46.2. The van der Waals surface area contributed by atoms with Crippen LogP contribution in [0.3, 0.4) is 0 Å². The topological polar surface area (TPSA) is 153 Å². The second-order valence-electron chi connectivity index (χ2n) is 20.3. The van der Waals surface area contributed by atoms with E-state index in [-0.39, 0.29) is 40.2 Å². The van der Waals surface area contributed by atoms with Crippen LogP contribution in [-0.4, -0.2) is 87.2 Å². The molecule has 54 heavy (non-hydrogen) atoms. The third-order valence-corrected chi connectivity index (χ3v) is 17.0. The number of hydrogen-bond donors (Lipinski definition) is 4. The van der Waals surface area contributed by atoms with Crippen molar-refractivity contribution in [2.75, 3.05) is 6.54 Å². The van der Waals surface area contributed by atoms with Gasteiger partial charge in [0.05, 0.1) is 17.6 Å². The maximum absolute atomic E-state index is 14.4. The first-order valence-electron chi connectivity index (χ1n) is 20.5. The number of amides is 4. The summed E-state index contributed by atoms with van der Waals surface area (Å²) in [6.07, 6.45) is 2.88. The minimum Gasteiger partial charge on any atom is -0.561 e. The van der Waals surface area contributed by atoms with Crippen molar-refractivity contribution in [3.63, 3.8) is 0 Å². The number of carbonyl (C=O) groups excluding carboxylic acids is 4. The van der Waals surface area contributed by atoms with E-state index >= 15 is 0 Å². The normalized spacial score (nSPS) is 25.9. The molecule has 1 saturated heterocycles. The minimum absolute atomic E-state index is 0.0356. The summed E-state index contributed by atoms with van der Waals surface area (Å²) in [5, 5.41) is 11.8. The van der Waals surface area contributed by atoms with Crippen LogP contribution < -0.4 is 21.3 Å². The Morgan fingerprint density at radius 1 is 0.870 bits per heavy atom. The lowest BCUT2D eigenvalue weighted by molar-refractivity contribution is -0.199. The van der Waals surface area contributed by atoms with Crippen molar-refractivity contribution in [1.29, 1.82) is 0 Å². The van der Waals surface area contributed by atoms with Gasteiger partial charge in [-0.3, -0.25) is 14.4 Å². The smallest absolute Gasteiger partial charge is 0.481 e. The molecule has 0 unspecified atom stereocenters. The number of ether oxygens (including phenoxy) is 1. The molecule has 311 valence electrons. The number of rotatable bonds is 17. The Balaban J connectivity index is 1.84. The quantitative estimate of drug-likeness (QED) is 0.0963. The van der Waals surface area contributed by atoms with Crippen LogP contribution in [0.2, 0.25) is 18.1 Å². The number of unbranched alkanes of at least 4 members (excludes halogenated alkanes) is 1. The van der Waals surface area contributed by atoms with Crippen molar-refractivity contribution in [1.82, 2.24) is 21.3 Å². The van der Waals surface area contributed by atoms with Crippen LogP contribution in [-0.2, 0) is 32.9 Å². The Morgan fingerprint density at radius 2 is 1.50 bits per heavy atom. The van der Waals surface area contributed by atoms with Gasteiger partial charge in [0.15, 0.2) is 0 Å². The van der Waals surface area contributed by atoms with Crippen LogP contribution in [0, 0.1) is 29.1 Å². The van der Waals surface area contributed by atoms with Crippen molar-refractivity contribution < 1.29 is 37.6 Å². The zero-order valence-corrected chi connectivity index (χ0v) is 37.5. The molecule has 0 spiro atoms. The highest BCUT2D eigenvalue weighted by molar-refractivity contribution is 6.74. The lowest BCUT2D eigenvalue weighted by atomic mass is 9.43. The molecule has 12 nitrogen and oxygen atoms in total. The fourth-order valence-corrected chi connectivity index (χ4v) is 9.45. The lowest BCUT2D eigenvalue weighted by Gasteiger charge is -2.64. The fourth-order valence-electron chi connectivity index (χ4n) is 8.03. The summed E-state index contributed by atoms with van der Waals surface area (Å²) in [7, 11) is -2.96. The highest BCUT2D eigenvalue weighted by Gasteiger charge is 2.68. The molecule has 1 aliphatic heterocycles. The summed E-state index contributed by atoms with van der Waals surface area (Å²) in [4.78, 5) is 53.9. The Kier molecular flexibility index (Phi) is 15.0. The van der Waals surface area contributed by atoms with E-state index in [0.29, 0.717) is 44.1 Å². The second-order valence-corrected chi connectivity index (χ2v) is 25.0. The highest BCUT2D eigenvalue weighted by atomic mass is 28.4. The molecule has 3 aliphatic carbocycles. The molecule has 14 heteroatoms. The zero-order chi connectivity index (χ0) is 41.2. The van der Waals surface area contributed by atoms with Crippen molar-refractivity contribution >= 4 is 39.3 Å². The third-order valence-electron chi connectivity index (χ3n) is 12.4. The molecule has 0 aromatic heterocycles. The number of hydrogen-bond acceptors (Lipinski definition) is 8. The summed E-state index contributed by atoms with van der Waals surface area (Å²) in [6, 6.07) is -1.96. The fraction of sp³-hybridized carbons (Fsp3) is 0.900. The van der Waals surface area contributed by atoms with E-state index in [1.807, 2.05) is 6.92 Å². The average molecular weight is 779 g/mol. The standard InChI is InChI=1S/C40H75BN4O8Si/c1-24(2)21-31(41-51-30-23-27-22-29(39(27,12)13)40(30,14)53-41)44-34(47)28(19-17-18-20-42-36(49)50-37(6,7)8)43-35(48)32(45-33(46)25(3)4)26(5)52-54(15,16)38(9,10)11/h24-32H,17-23H2,1-16H3,(H,42,49)(H,43,48)(H,44,47)(H,45,46)/q-1/t26-,27+,28+,29+,30-,31+,32+,40+/m1/s1. The Morgan fingerprint density at radius 3 is 2.04 bits per heavy atom. The Bertz CT molecular complexity index is 1330. The van der Waals surface area contributed by atoms with Crippen LogP contribution in [0.5, 0.6) is 0 Å². The molecule has 3 saturated carbocycles. The third kappa shape index (κ3) is 11.5. The van der Waals surface area contributed by atoms with Crippen molar-refractivity contribution in [3.8, 4) is 0 Å². The summed E-state index contributed by atoms with van der Waals surface area (Å²) in [5.74, 6) is -0.707. The summed E-state index contributed by atoms with van der Waals surface area (Å²) in [6.45, 7) is 32.7. The maximum Gasteiger partial charge on any atom is 0.481 e. The summed E-state index contributed by atoms with van der Waals surface area (Å²) in [5.41, 5.74) is -0.865. The van der Waals surface area contributed by atoms with E-state index in [1.54, 1.807) is 34.6 Å². The molecule has 0 aromatic carbocycles. The van der Waals surface area contributed by atoms with Crippen LogP contribution in [0.4, 0.5) is 4.79 Å². The van der Waals surface area contributed by atoms with Crippen LogP contribution in [0.25, 0.3) is 0 Å². The molecular weight excluding hydrogens is 703 g/mol. The van der Waals surface area contributed by atoms with E-state index < -0.39 is 62.8 Å². The van der Waals surface area contributed by atoms with Crippen molar-refractivity contribution in [2.45, 2.75) is 195 Å². The van der Waals surface area contributed by atoms with Crippen LogP contribution in [0.1, 0.15) is 135 Å². The first-order valence-corrected chi connectivity index (χ1v) is 23.4. The van der Waals surface area contributed by atoms with Crippen LogP contribution >= 0.6 is 0 Å². The molecule has 8 atom stereocenters. The van der Waals surface area contributed by atoms with Crippen LogP contribution in [0.15, 0.2) is 0 Å². The van der Waals surface area contributed by atoms with Crippen molar-refractivity contribution in [3.05, 3.63) is 0 Å². The highest BCUT2D eigenvalue weighted by Crippen LogP contribution is 2.65. The second kappa shape index (κ2) is 17.5. The van der Waals surface area contributed by atoms with Gasteiger partial charge in [0.25, 0.3) is 0 Å². The lowest BCUT2D eigenvalue weighted by Crippen LogP contribution is -2.65. The van der Waals surface area contributed by atoms with E-state index in [4.69, 9.17) is 18.5 Å². The van der Waals surface area contributed by atoms with E-state index in [2.05, 4.69) is 89.8 Å². The molecular formula is C40H75BN4O8Si-. The van der Waals surface area contributed by atoms with Gasteiger partial charge in [0, 0.05) is 18.6 Å². The molecule has 0 aromatic rings. The molecule has 4 N–H and O–H groups in total. The van der Waals surface area contributed by atoms with Gasteiger partial charge in [-0.05, 0) is 105 Å². The number of nitrogens with one attached hydrogen (secondary N) is 4. The predicted molar refractivity (Wildman–Crippen MR) is 216 cm³/mol. The minimum atomic E-state index is -2.34. The van der Waals surface area contributed by atoms with Gasteiger partial charge in [-0.15, -0.1) is 18.1 Å². The van der Waals surface area contributed by atoms with Gasteiger partial charge in [-0.1, -0.05) is 62.3 Å². The molecule has 4 fully saturated rings. The maximum atomic E-state index is 14.4. The predicted octanol–water partition coefficient (Wildman–Crippen LogP) is 6.52. The monoisotopic (exact) mass is 779 g/mol. The van der Waals surface area contributed by atoms with Gasteiger partial charge in [0.1, 0.15) is 17.7 Å². The molecule has 4 rings (SSSR count). The summed E-state index contributed by atoms with van der Waals surface area (Å²) >= 11 is 0.